The molecule has 4 nitrogen and oxygen atoms in total. The van der Waals surface area contributed by atoms with Crippen LogP contribution in [0.25, 0.3) is 0 Å². The first-order chi connectivity index (χ1) is 8.95. The maximum absolute atomic E-state index is 5.83. The Morgan fingerprint density at radius 1 is 1.21 bits per heavy atom. The molecule has 2 aromatic rings. The summed E-state index contributed by atoms with van der Waals surface area (Å²) in [5.41, 5.74) is 7.77. The second kappa shape index (κ2) is 5.45. The van der Waals surface area contributed by atoms with Crippen LogP contribution >= 0.6 is 11.6 Å². The number of aromatic nitrogens is 2. The predicted molar refractivity (Wildman–Crippen MR) is 76.8 cm³/mol. The van der Waals surface area contributed by atoms with Crippen molar-refractivity contribution in [3.8, 4) is 11.6 Å². The number of ether oxygens (including phenoxy) is 1. The molecule has 0 amide bonds. The SMILES string of the molecule is Cc1ccc(C(C)C)cc1Oc1cc(Cl)nc(N)n1. The molecule has 100 valence electrons. The number of aryl methyl sites for hydroxylation is 1. The number of hydrogen-bond acceptors (Lipinski definition) is 4. The molecule has 0 fully saturated rings. The van der Waals surface area contributed by atoms with Gasteiger partial charge in [-0.25, -0.2) is 4.98 Å². The maximum Gasteiger partial charge on any atom is 0.225 e. The standard InChI is InChI=1S/C14H16ClN3O/c1-8(2)10-5-4-9(3)11(6-10)19-13-7-12(15)17-14(16)18-13/h4-8H,1-3H3,(H2,16,17,18). The highest BCUT2D eigenvalue weighted by Crippen LogP contribution is 2.28. The Bertz CT molecular complexity index is 579. The summed E-state index contributed by atoms with van der Waals surface area (Å²) in [6.45, 7) is 6.24. The lowest BCUT2D eigenvalue weighted by Crippen LogP contribution is -1.98. The first-order valence-electron chi connectivity index (χ1n) is 6.04. The van der Waals surface area contributed by atoms with E-state index < -0.39 is 0 Å². The number of rotatable bonds is 3. The van der Waals surface area contributed by atoms with Crippen LogP contribution in [0.5, 0.6) is 11.6 Å². The predicted octanol–water partition coefficient (Wildman–Crippen LogP) is 3.94. The highest BCUT2D eigenvalue weighted by molar-refractivity contribution is 6.29. The minimum atomic E-state index is 0.0974. The highest BCUT2D eigenvalue weighted by Gasteiger charge is 2.08. The van der Waals surface area contributed by atoms with Crippen molar-refractivity contribution >= 4 is 17.5 Å². The fourth-order valence-electron chi connectivity index (χ4n) is 1.66. The molecule has 5 heteroatoms. The molecule has 0 saturated carbocycles. The van der Waals surface area contributed by atoms with Gasteiger partial charge in [-0.1, -0.05) is 37.6 Å². The van der Waals surface area contributed by atoms with Gasteiger partial charge >= 0.3 is 0 Å². The Morgan fingerprint density at radius 2 is 1.95 bits per heavy atom. The average Bonchev–Trinajstić information content (AvgIpc) is 2.30. The van der Waals surface area contributed by atoms with E-state index in [2.05, 4.69) is 29.9 Å². The van der Waals surface area contributed by atoms with Crippen LogP contribution in [0.2, 0.25) is 5.15 Å². The summed E-state index contributed by atoms with van der Waals surface area (Å²) in [5.74, 6) is 1.63. The van der Waals surface area contributed by atoms with Crippen LogP contribution in [0.3, 0.4) is 0 Å². The lowest BCUT2D eigenvalue weighted by atomic mass is 10.0. The Labute approximate surface area is 117 Å². The number of nitrogens with two attached hydrogens (primary N) is 1. The quantitative estimate of drug-likeness (QED) is 0.863. The van der Waals surface area contributed by atoms with Gasteiger partial charge in [0.2, 0.25) is 11.8 Å². The molecule has 1 heterocycles. The average molecular weight is 278 g/mol. The number of benzene rings is 1. The van der Waals surface area contributed by atoms with Crippen molar-refractivity contribution in [1.82, 2.24) is 9.97 Å². The van der Waals surface area contributed by atoms with Crippen molar-refractivity contribution in [3.05, 3.63) is 40.5 Å². The van der Waals surface area contributed by atoms with Crippen LogP contribution in [0.4, 0.5) is 5.95 Å². The number of hydrogen-bond donors (Lipinski definition) is 1. The largest absolute Gasteiger partial charge is 0.439 e. The summed E-state index contributed by atoms with van der Waals surface area (Å²) < 4.78 is 5.75. The van der Waals surface area contributed by atoms with E-state index in [1.54, 1.807) is 6.07 Å². The van der Waals surface area contributed by atoms with Crippen LogP contribution in [-0.4, -0.2) is 9.97 Å². The summed E-state index contributed by atoms with van der Waals surface area (Å²) in [4.78, 5) is 7.80. The van der Waals surface area contributed by atoms with E-state index in [0.717, 1.165) is 11.3 Å². The summed E-state index contributed by atoms with van der Waals surface area (Å²) in [6, 6.07) is 7.66. The van der Waals surface area contributed by atoms with Gasteiger partial charge in [0.1, 0.15) is 10.9 Å². The van der Waals surface area contributed by atoms with Crippen LogP contribution in [0.1, 0.15) is 30.9 Å². The summed E-state index contributed by atoms with van der Waals surface area (Å²) in [5, 5.41) is 0.264. The topological polar surface area (TPSA) is 61.0 Å². The molecule has 0 unspecified atom stereocenters. The normalized spacial score (nSPS) is 10.8. The minimum Gasteiger partial charge on any atom is -0.439 e. The Balaban J connectivity index is 2.34. The molecule has 0 aliphatic carbocycles. The Hall–Kier alpha value is -1.81. The molecule has 2 rings (SSSR count). The molecule has 0 spiro atoms. The van der Waals surface area contributed by atoms with Crippen molar-refractivity contribution in [2.24, 2.45) is 0 Å². The summed E-state index contributed by atoms with van der Waals surface area (Å²) in [6.07, 6.45) is 0. The van der Waals surface area contributed by atoms with Crippen LogP contribution < -0.4 is 10.5 Å². The fourth-order valence-corrected chi connectivity index (χ4v) is 1.84. The molecule has 0 atom stereocenters. The van der Waals surface area contributed by atoms with E-state index in [-0.39, 0.29) is 11.1 Å². The molecular weight excluding hydrogens is 262 g/mol. The summed E-state index contributed by atoms with van der Waals surface area (Å²) in [7, 11) is 0. The van der Waals surface area contributed by atoms with Crippen LogP contribution in [0.15, 0.2) is 24.3 Å². The molecule has 0 bridgehead atoms. The number of nitrogens with zero attached hydrogens (tertiary/aromatic N) is 2. The van der Waals surface area contributed by atoms with Gasteiger partial charge in [-0.3, -0.25) is 0 Å². The van der Waals surface area contributed by atoms with Gasteiger partial charge in [-0.05, 0) is 30.0 Å². The Morgan fingerprint density at radius 3 is 2.58 bits per heavy atom. The van der Waals surface area contributed by atoms with E-state index >= 15 is 0 Å². The highest BCUT2D eigenvalue weighted by atomic mass is 35.5. The van der Waals surface area contributed by atoms with Crippen LogP contribution in [0, 0.1) is 6.92 Å². The second-order valence-corrected chi connectivity index (χ2v) is 5.06. The third kappa shape index (κ3) is 3.35. The zero-order valence-electron chi connectivity index (χ0n) is 11.1. The van der Waals surface area contributed by atoms with E-state index in [1.165, 1.54) is 5.56 Å². The molecule has 0 aliphatic heterocycles. The van der Waals surface area contributed by atoms with Gasteiger partial charge < -0.3 is 10.5 Å². The van der Waals surface area contributed by atoms with Gasteiger partial charge in [0, 0.05) is 6.07 Å². The number of anilines is 1. The minimum absolute atomic E-state index is 0.0974. The fraction of sp³-hybridized carbons (Fsp3) is 0.286. The van der Waals surface area contributed by atoms with Gasteiger partial charge in [0.15, 0.2) is 0 Å². The van der Waals surface area contributed by atoms with E-state index in [1.807, 2.05) is 19.1 Å². The number of nitrogen functional groups attached to an aromatic ring is 1. The first kappa shape index (κ1) is 13.6. The second-order valence-electron chi connectivity index (χ2n) is 4.67. The molecular formula is C14H16ClN3O. The third-order valence-corrected chi connectivity index (χ3v) is 2.98. The van der Waals surface area contributed by atoms with Gasteiger partial charge in [0.25, 0.3) is 0 Å². The molecule has 1 aromatic heterocycles. The molecule has 0 aliphatic rings. The van der Waals surface area contributed by atoms with E-state index in [9.17, 15) is 0 Å². The van der Waals surface area contributed by atoms with Crippen molar-refractivity contribution in [1.29, 1.82) is 0 Å². The van der Waals surface area contributed by atoms with Crippen molar-refractivity contribution < 1.29 is 4.74 Å². The molecule has 1 aromatic carbocycles. The lowest BCUT2D eigenvalue weighted by molar-refractivity contribution is 0.458. The zero-order chi connectivity index (χ0) is 14.0. The van der Waals surface area contributed by atoms with Crippen molar-refractivity contribution in [2.45, 2.75) is 26.7 Å². The molecule has 2 N–H and O–H groups in total. The zero-order valence-corrected chi connectivity index (χ0v) is 11.9. The Kier molecular flexibility index (Phi) is 3.90. The maximum atomic E-state index is 5.83. The monoisotopic (exact) mass is 277 g/mol. The van der Waals surface area contributed by atoms with E-state index in [0.29, 0.717) is 11.8 Å². The summed E-state index contributed by atoms with van der Waals surface area (Å²) >= 11 is 5.83. The molecule has 0 radical (unpaired) electrons. The lowest BCUT2D eigenvalue weighted by Gasteiger charge is -2.12. The van der Waals surface area contributed by atoms with Crippen molar-refractivity contribution in [2.75, 3.05) is 5.73 Å². The van der Waals surface area contributed by atoms with Crippen molar-refractivity contribution in [3.63, 3.8) is 0 Å². The van der Waals surface area contributed by atoms with E-state index in [4.69, 9.17) is 22.1 Å². The molecule has 19 heavy (non-hydrogen) atoms. The van der Waals surface area contributed by atoms with Crippen LogP contribution in [-0.2, 0) is 0 Å². The smallest absolute Gasteiger partial charge is 0.225 e. The first-order valence-corrected chi connectivity index (χ1v) is 6.42. The van der Waals surface area contributed by atoms with Gasteiger partial charge in [0.05, 0.1) is 0 Å². The molecule has 0 saturated heterocycles. The third-order valence-electron chi connectivity index (χ3n) is 2.78. The van der Waals surface area contributed by atoms with Gasteiger partial charge in [-0.2, -0.15) is 4.98 Å². The number of halogens is 1. The van der Waals surface area contributed by atoms with Gasteiger partial charge in [-0.15, -0.1) is 0 Å².